The lowest BCUT2D eigenvalue weighted by atomic mass is 10.2. The fourth-order valence-corrected chi connectivity index (χ4v) is 1.62. The van der Waals surface area contributed by atoms with Crippen molar-refractivity contribution in [2.24, 2.45) is 4.99 Å². The molecule has 1 radical (unpaired) electrons. The highest BCUT2D eigenvalue weighted by Gasteiger charge is 2.30. The second-order valence-electron chi connectivity index (χ2n) is 3.77. The number of rotatable bonds is 2. The zero-order valence-electron chi connectivity index (χ0n) is 9.58. The van der Waals surface area contributed by atoms with Gasteiger partial charge in [0.1, 0.15) is 0 Å². The molecule has 0 saturated carbocycles. The Balaban J connectivity index is 2.24. The van der Waals surface area contributed by atoms with Crippen LogP contribution in [-0.2, 0) is 6.18 Å². The van der Waals surface area contributed by atoms with Gasteiger partial charge in [-0.1, -0.05) is 23.7 Å². The van der Waals surface area contributed by atoms with Crippen LogP contribution in [0.4, 0.5) is 18.9 Å². The van der Waals surface area contributed by atoms with Crippen molar-refractivity contribution in [3.8, 4) is 0 Å². The van der Waals surface area contributed by atoms with Crippen LogP contribution >= 0.6 is 11.6 Å². The van der Waals surface area contributed by atoms with Crippen molar-refractivity contribution in [3.63, 3.8) is 0 Å². The van der Waals surface area contributed by atoms with Crippen LogP contribution in [0, 0.1) is 6.07 Å². The fraction of sp³-hybridized carbons (Fsp3) is 0.0714. The third-order valence-electron chi connectivity index (χ3n) is 2.31. The molecule has 0 amide bonds. The van der Waals surface area contributed by atoms with Crippen LogP contribution in [0.5, 0.6) is 0 Å². The van der Waals surface area contributed by atoms with E-state index in [1.165, 1.54) is 18.3 Å². The van der Waals surface area contributed by atoms with Crippen LogP contribution in [0.2, 0.25) is 5.02 Å². The van der Waals surface area contributed by atoms with Crippen LogP contribution in [0.25, 0.3) is 0 Å². The lowest BCUT2D eigenvalue weighted by molar-refractivity contribution is -0.137. The van der Waals surface area contributed by atoms with E-state index < -0.39 is 11.7 Å². The normalized spacial score (nSPS) is 12.0. The van der Waals surface area contributed by atoms with Gasteiger partial charge in [-0.05, 0) is 36.4 Å². The number of hydrogen-bond acceptors (Lipinski definition) is 1. The van der Waals surface area contributed by atoms with E-state index in [-0.39, 0.29) is 5.69 Å². The summed E-state index contributed by atoms with van der Waals surface area (Å²) in [5.41, 5.74) is 0.102. The lowest BCUT2D eigenvalue weighted by Crippen LogP contribution is -2.03. The Kier molecular flexibility index (Phi) is 3.90. The molecule has 2 aromatic carbocycles. The average Bonchev–Trinajstić information content (AvgIpc) is 2.36. The second kappa shape index (κ2) is 5.45. The second-order valence-corrected chi connectivity index (χ2v) is 4.20. The topological polar surface area (TPSA) is 12.4 Å². The molecule has 0 N–H and O–H groups in total. The number of alkyl halides is 3. The number of aliphatic imine (C=N–C) groups is 1. The SMILES string of the molecule is FC(F)(F)c1cccc(N=Cc2[c]ccc(Cl)c2)c1. The zero-order chi connectivity index (χ0) is 13.9. The quantitative estimate of drug-likeness (QED) is 0.694. The van der Waals surface area contributed by atoms with E-state index in [4.69, 9.17) is 11.6 Å². The van der Waals surface area contributed by atoms with Gasteiger partial charge in [-0.15, -0.1) is 0 Å². The first-order valence-electron chi connectivity index (χ1n) is 5.34. The molecule has 5 heteroatoms. The Labute approximate surface area is 113 Å². The molecule has 0 heterocycles. The predicted octanol–water partition coefficient (Wildman–Crippen LogP) is 4.91. The van der Waals surface area contributed by atoms with Gasteiger partial charge in [-0.2, -0.15) is 13.2 Å². The minimum Gasteiger partial charge on any atom is -0.256 e. The van der Waals surface area contributed by atoms with Gasteiger partial charge in [0.15, 0.2) is 0 Å². The highest BCUT2D eigenvalue weighted by molar-refractivity contribution is 6.30. The smallest absolute Gasteiger partial charge is 0.256 e. The van der Waals surface area contributed by atoms with Crippen LogP contribution in [-0.4, -0.2) is 6.21 Å². The molecule has 0 spiro atoms. The third kappa shape index (κ3) is 3.83. The Morgan fingerprint density at radius 1 is 1.16 bits per heavy atom. The van der Waals surface area contributed by atoms with Crippen molar-refractivity contribution in [1.82, 2.24) is 0 Å². The summed E-state index contributed by atoms with van der Waals surface area (Å²) in [5, 5.41) is 0.518. The monoisotopic (exact) mass is 282 g/mol. The number of hydrogen-bond donors (Lipinski definition) is 0. The van der Waals surface area contributed by atoms with Crippen molar-refractivity contribution in [2.75, 3.05) is 0 Å². The van der Waals surface area contributed by atoms with E-state index in [0.717, 1.165) is 12.1 Å². The third-order valence-corrected chi connectivity index (χ3v) is 2.55. The molecule has 0 aliphatic rings. The van der Waals surface area contributed by atoms with Gasteiger partial charge in [0.05, 0.1) is 11.3 Å². The number of benzene rings is 2. The maximum Gasteiger partial charge on any atom is 0.416 e. The standard InChI is InChI=1S/C14H8ClF3N/c15-12-5-1-3-10(7-12)9-19-13-6-2-4-11(8-13)14(16,17)18/h1-2,4-9H. The van der Waals surface area contributed by atoms with Crippen LogP contribution < -0.4 is 0 Å². The van der Waals surface area contributed by atoms with E-state index in [2.05, 4.69) is 11.1 Å². The van der Waals surface area contributed by atoms with Gasteiger partial charge >= 0.3 is 6.18 Å². The molecule has 97 valence electrons. The lowest BCUT2D eigenvalue weighted by Gasteiger charge is -2.06. The maximum atomic E-state index is 12.5. The minimum absolute atomic E-state index is 0.225. The molecule has 2 aromatic rings. The highest BCUT2D eigenvalue weighted by Crippen LogP contribution is 2.31. The molecular formula is C14H8ClF3N. The van der Waals surface area contributed by atoms with Crippen molar-refractivity contribution >= 4 is 23.5 Å². The molecule has 2 rings (SSSR count). The minimum atomic E-state index is -4.37. The van der Waals surface area contributed by atoms with E-state index in [1.807, 2.05) is 0 Å². The van der Waals surface area contributed by atoms with Crippen molar-refractivity contribution in [1.29, 1.82) is 0 Å². The Morgan fingerprint density at radius 2 is 1.95 bits per heavy atom. The van der Waals surface area contributed by atoms with Gasteiger partial charge in [-0.3, -0.25) is 4.99 Å². The molecule has 0 bridgehead atoms. The van der Waals surface area contributed by atoms with Crippen molar-refractivity contribution < 1.29 is 13.2 Å². The largest absolute Gasteiger partial charge is 0.416 e. The molecule has 0 atom stereocenters. The first-order chi connectivity index (χ1) is 8.95. The van der Waals surface area contributed by atoms with E-state index in [9.17, 15) is 13.2 Å². The molecule has 0 aromatic heterocycles. The Hall–Kier alpha value is -1.81. The van der Waals surface area contributed by atoms with Crippen LogP contribution in [0.3, 0.4) is 0 Å². The molecule has 0 saturated heterocycles. The van der Waals surface area contributed by atoms with Crippen LogP contribution in [0.1, 0.15) is 11.1 Å². The van der Waals surface area contributed by atoms with Gasteiger partial charge in [0.25, 0.3) is 0 Å². The summed E-state index contributed by atoms with van der Waals surface area (Å²) < 4.78 is 37.5. The van der Waals surface area contributed by atoms with Gasteiger partial charge in [-0.25, -0.2) is 0 Å². The summed E-state index contributed by atoms with van der Waals surface area (Å²) >= 11 is 5.78. The van der Waals surface area contributed by atoms with E-state index >= 15 is 0 Å². The molecular weight excluding hydrogens is 275 g/mol. The van der Waals surface area contributed by atoms with Crippen molar-refractivity contribution in [2.45, 2.75) is 6.18 Å². The first-order valence-corrected chi connectivity index (χ1v) is 5.71. The fourth-order valence-electron chi connectivity index (χ4n) is 1.44. The highest BCUT2D eigenvalue weighted by atomic mass is 35.5. The van der Waals surface area contributed by atoms with Gasteiger partial charge in [0, 0.05) is 16.8 Å². The molecule has 1 nitrogen and oxygen atoms in total. The Morgan fingerprint density at radius 3 is 2.63 bits per heavy atom. The maximum absolute atomic E-state index is 12.5. The van der Waals surface area contributed by atoms with E-state index in [1.54, 1.807) is 18.2 Å². The average molecular weight is 283 g/mol. The summed E-state index contributed by atoms with van der Waals surface area (Å²) in [6.45, 7) is 0. The Bertz CT molecular complexity index is 606. The van der Waals surface area contributed by atoms with E-state index in [0.29, 0.717) is 10.6 Å². The zero-order valence-corrected chi connectivity index (χ0v) is 10.3. The molecule has 0 fully saturated rings. The summed E-state index contributed by atoms with van der Waals surface area (Å²) in [6.07, 6.45) is -2.95. The number of nitrogens with zero attached hydrogens (tertiary/aromatic N) is 1. The predicted molar refractivity (Wildman–Crippen MR) is 69.0 cm³/mol. The summed E-state index contributed by atoms with van der Waals surface area (Å²) in [5.74, 6) is 0. The number of halogens is 4. The summed E-state index contributed by atoms with van der Waals surface area (Å²) in [6, 6.07) is 12.6. The van der Waals surface area contributed by atoms with Crippen molar-refractivity contribution in [3.05, 3.63) is 64.7 Å². The first kappa shape index (κ1) is 13.6. The summed E-state index contributed by atoms with van der Waals surface area (Å²) in [4.78, 5) is 3.98. The molecule has 0 aliphatic heterocycles. The molecule has 19 heavy (non-hydrogen) atoms. The summed E-state index contributed by atoms with van der Waals surface area (Å²) in [7, 11) is 0. The van der Waals surface area contributed by atoms with Gasteiger partial charge < -0.3 is 0 Å². The van der Waals surface area contributed by atoms with Crippen LogP contribution in [0.15, 0.2) is 47.5 Å². The molecule has 0 unspecified atom stereocenters. The van der Waals surface area contributed by atoms with Gasteiger partial charge in [0.2, 0.25) is 0 Å². The molecule has 0 aliphatic carbocycles.